The van der Waals surface area contributed by atoms with Crippen LogP contribution in [0, 0.1) is 20.8 Å². The van der Waals surface area contributed by atoms with Crippen molar-refractivity contribution in [3.63, 3.8) is 0 Å². The van der Waals surface area contributed by atoms with E-state index in [1.807, 2.05) is 36.1 Å². The maximum Gasteiger partial charge on any atom is 0.322 e. The number of para-hydroxylation sites is 1. The molecule has 168 valence electrons. The van der Waals surface area contributed by atoms with Gasteiger partial charge in [0, 0.05) is 40.4 Å². The number of hydrogen-bond donors (Lipinski definition) is 1. The molecular formula is C27H32ClN3O. The van der Waals surface area contributed by atoms with Crippen LogP contribution in [0.3, 0.4) is 0 Å². The summed E-state index contributed by atoms with van der Waals surface area (Å²) in [5, 5.41) is 3.80. The Labute approximate surface area is 196 Å². The van der Waals surface area contributed by atoms with Crippen molar-refractivity contribution in [2.24, 2.45) is 0 Å². The summed E-state index contributed by atoms with van der Waals surface area (Å²) in [7, 11) is 0. The Morgan fingerprint density at radius 1 is 1.03 bits per heavy atom. The van der Waals surface area contributed by atoms with E-state index in [4.69, 9.17) is 11.6 Å². The van der Waals surface area contributed by atoms with Crippen LogP contribution < -0.4 is 5.32 Å². The lowest BCUT2D eigenvalue weighted by Crippen LogP contribution is -2.43. The van der Waals surface area contributed by atoms with Gasteiger partial charge in [-0.15, -0.1) is 0 Å². The number of halogens is 1. The molecule has 1 aliphatic rings. The van der Waals surface area contributed by atoms with Gasteiger partial charge in [0.2, 0.25) is 0 Å². The molecule has 1 heterocycles. The second kappa shape index (κ2) is 9.83. The summed E-state index contributed by atoms with van der Waals surface area (Å²) < 4.78 is 2.27. The van der Waals surface area contributed by atoms with Crippen molar-refractivity contribution in [3.8, 4) is 5.69 Å². The first-order chi connectivity index (χ1) is 15.5. The number of rotatable bonds is 5. The minimum atomic E-state index is -0.0493. The van der Waals surface area contributed by atoms with Crippen molar-refractivity contribution < 1.29 is 4.79 Å². The number of hydrogen-bond acceptors (Lipinski definition) is 1. The molecule has 0 atom stereocenters. The third kappa shape index (κ3) is 4.71. The summed E-state index contributed by atoms with van der Waals surface area (Å²) in [6, 6.07) is 18.5. The number of amides is 2. The van der Waals surface area contributed by atoms with Crippen LogP contribution in [0.25, 0.3) is 5.69 Å². The molecule has 2 aromatic carbocycles. The van der Waals surface area contributed by atoms with E-state index in [-0.39, 0.29) is 12.1 Å². The van der Waals surface area contributed by atoms with Crippen molar-refractivity contribution in [3.05, 3.63) is 82.1 Å². The van der Waals surface area contributed by atoms with Crippen LogP contribution >= 0.6 is 11.6 Å². The van der Waals surface area contributed by atoms with E-state index in [1.165, 1.54) is 36.2 Å². The van der Waals surface area contributed by atoms with Crippen molar-refractivity contribution in [2.75, 3.05) is 5.32 Å². The highest BCUT2D eigenvalue weighted by atomic mass is 35.5. The standard InChI is InChI=1S/C27H32ClN3O/c1-19-17-22(21(3)31(19)24-13-8-5-9-14-24)18-30(23-11-6-4-7-12-23)27(32)29-26-16-10-15-25(28)20(26)2/h5,8-10,13-17,23H,4,6-7,11-12,18H2,1-3H3,(H,29,32). The average Bonchev–Trinajstić information content (AvgIpc) is 3.09. The zero-order valence-corrected chi connectivity index (χ0v) is 20.0. The van der Waals surface area contributed by atoms with Gasteiger partial charge in [-0.3, -0.25) is 0 Å². The lowest BCUT2D eigenvalue weighted by molar-refractivity contribution is 0.162. The molecule has 4 nitrogen and oxygen atoms in total. The van der Waals surface area contributed by atoms with Crippen molar-refractivity contribution in [2.45, 2.75) is 65.5 Å². The van der Waals surface area contributed by atoms with Crippen molar-refractivity contribution >= 4 is 23.3 Å². The summed E-state index contributed by atoms with van der Waals surface area (Å²) >= 11 is 6.29. The first-order valence-corrected chi connectivity index (χ1v) is 11.9. The first-order valence-electron chi connectivity index (χ1n) is 11.5. The van der Waals surface area contributed by atoms with E-state index in [0.29, 0.717) is 11.6 Å². The molecule has 0 bridgehead atoms. The highest BCUT2D eigenvalue weighted by molar-refractivity contribution is 6.31. The Morgan fingerprint density at radius 3 is 2.47 bits per heavy atom. The molecule has 1 saturated carbocycles. The Morgan fingerprint density at radius 2 is 1.75 bits per heavy atom. The summed E-state index contributed by atoms with van der Waals surface area (Å²) in [4.78, 5) is 15.6. The fraction of sp³-hybridized carbons (Fsp3) is 0.370. The van der Waals surface area contributed by atoms with E-state index in [2.05, 4.69) is 54.1 Å². The van der Waals surface area contributed by atoms with Crippen molar-refractivity contribution in [1.82, 2.24) is 9.47 Å². The fourth-order valence-electron chi connectivity index (χ4n) is 4.84. The predicted molar refractivity (Wildman–Crippen MR) is 133 cm³/mol. The summed E-state index contributed by atoms with van der Waals surface area (Å²) in [5.74, 6) is 0. The van der Waals surface area contributed by atoms with Gasteiger partial charge in [-0.05, 0) is 75.1 Å². The molecule has 5 heteroatoms. The zero-order chi connectivity index (χ0) is 22.7. The van der Waals surface area contributed by atoms with Gasteiger partial charge in [-0.1, -0.05) is 55.1 Å². The van der Waals surface area contributed by atoms with Crippen LogP contribution in [-0.2, 0) is 6.54 Å². The SMILES string of the molecule is Cc1c(Cl)cccc1NC(=O)N(Cc1cc(C)n(-c2ccccc2)c1C)C1CCCCC1. The number of anilines is 1. The Kier molecular flexibility index (Phi) is 6.90. The number of benzene rings is 2. The number of urea groups is 1. The van der Waals surface area contributed by atoms with Gasteiger partial charge in [0.25, 0.3) is 0 Å². The van der Waals surface area contributed by atoms with Gasteiger partial charge in [-0.25, -0.2) is 4.79 Å². The minimum Gasteiger partial charge on any atom is -0.318 e. The molecular weight excluding hydrogens is 418 g/mol. The van der Waals surface area contributed by atoms with E-state index in [0.717, 1.165) is 29.8 Å². The maximum atomic E-state index is 13.5. The quantitative estimate of drug-likeness (QED) is 0.432. The van der Waals surface area contributed by atoms with Crippen LogP contribution in [0.4, 0.5) is 10.5 Å². The number of nitrogens with zero attached hydrogens (tertiary/aromatic N) is 2. The van der Waals surface area contributed by atoms with Gasteiger partial charge >= 0.3 is 6.03 Å². The van der Waals surface area contributed by atoms with Crippen molar-refractivity contribution in [1.29, 1.82) is 0 Å². The van der Waals surface area contributed by atoms with Crippen LogP contribution in [0.5, 0.6) is 0 Å². The monoisotopic (exact) mass is 449 g/mol. The largest absolute Gasteiger partial charge is 0.322 e. The smallest absolute Gasteiger partial charge is 0.318 e. The third-order valence-electron chi connectivity index (χ3n) is 6.68. The Bertz CT molecular complexity index is 1080. The molecule has 32 heavy (non-hydrogen) atoms. The van der Waals surface area contributed by atoms with Crippen LogP contribution in [0.2, 0.25) is 5.02 Å². The Balaban J connectivity index is 1.63. The maximum absolute atomic E-state index is 13.5. The predicted octanol–water partition coefficient (Wildman–Crippen LogP) is 7.42. The first kappa shape index (κ1) is 22.5. The van der Waals surface area contributed by atoms with Gasteiger partial charge in [-0.2, -0.15) is 0 Å². The van der Waals surface area contributed by atoms with Gasteiger partial charge in [0.1, 0.15) is 0 Å². The minimum absolute atomic E-state index is 0.0493. The van der Waals surface area contributed by atoms with Gasteiger partial charge < -0.3 is 14.8 Å². The van der Waals surface area contributed by atoms with E-state index in [9.17, 15) is 4.79 Å². The molecule has 4 rings (SSSR count). The van der Waals surface area contributed by atoms with Gasteiger partial charge in [0.05, 0.1) is 0 Å². The lowest BCUT2D eigenvalue weighted by Gasteiger charge is -2.34. The molecule has 1 fully saturated rings. The highest BCUT2D eigenvalue weighted by Crippen LogP contribution is 2.29. The summed E-state index contributed by atoms with van der Waals surface area (Å²) in [6.45, 7) is 6.82. The summed E-state index contributed by atoms with van der Waals surface area (Å²) in [6.07, 6.45) is 5.71. The number of aromatic nitrogens is 1. The molecule has 0 unspecified atom stereocenters. The third-order valence-corrected chi connectivity index (χ3v) is 7.09. The van der Waals surface area contributed by atoms with E-state index >= 15 is 0 Å². The second-order valence-electron chi connectivity index (χ2n) is 8.83. The Hall–Kier alpha value is -2.72. The molecule has 0 spiro atoms. The molecule has 1 N–H and O–H groups in total. The molecule has 2 amide bonds. The van der Waals surface area contributed by atoms with Crippen LogP contribution in [0.15, 0.2) is 54.6 Å². The molecule has 1 aromatic heterocycles. The fourth-order valence-corrected chi connectivity index (χ4v) is 5.01. The molecule has 0 aliphatic heterocycles. The van der Waals surface area contributed by atoms with Crippen LogP contribution in [-0.4, -0.2) is 21.5 Å². The normalized spacial score (nSPS) is 14.4. The molecule has 1 aliphatic carbocycles. The molecule has 3 aromatic rings. The average molecular weight is 450 g/mol. The van der Waals surface area contributed by atoms with Gasteiger partial charge in [0.15, 0.2) is 0 Å². The number of nitrogens with one attached hydrogen (secondary N) is 1. The van der Waals surface area contributed by atoms with E-state index in [1.54, 1.807) is 0 Å². The van der Waals surface area contributed by atoms with Crippen LogP contribution in [0.1, 0.15) is 54.6 Å². The highest BCUT2D eigenvalue weighted by Gasteiger charge is 2.27. The van der Waals surface area contributed by atoms with E-state index < -0.39 is 0 Å². The topological polar surface area (TPSA) is 37.3 Å². The second-order valence-corrected chi connectivity index (χ2v) is 9.24. The zero-order valence-electron chi connectivity index (χ0n) is 19.2. The summed E-state index contributed by atoms with van der Waals surface area (Å²) in [5.41, 5.74) is 6.37. The number of carbonyl (C=O) groups excluding carboxylic acids is 1. The number of aryl methyl sites for hydroxylation is 1. The lowest BCUT2D eigenvalue weighted by atomic mass is 9.94. The molecule has 0 radical (unpaired) electrons. The molecule has 0 saturated heterocycles. The number of carbonyl (C=O) groups is 1.